The minimum absolute atomic E-state index is 0.0993. The van der Waals surface area contributed by atoms with Crippen molar-refractivity contribution in [3.05, 3.63) is 34.1 Å². The maximum Gasteiger partial charge on any atom is 0.271 e. The first-order valence-corrected chi connectivity index (χ1v) is 9.04. The number of thioether (sulfide) groups is 1. The number of aromatic nitrogens is 3. The molecular weight excluding hydrogens is 358 g/mol. The monoisotopic (exact) mass is 379 g/mol. The van der Waals surface area contributed by atoms with Crippen LogP contribution in [0.4, 0.5) is 11.4 Å². The Morgan fingerprint density at radius 3 is 2.73 bits per heavy atom. The van der Waals surface area contributed by atoms with Crippen LogP contribution in [0.3, 0.4) is 0 Å². The van der Waals surface area contributed by atoms with Crippen LogP contribution in [-0.2, 0) is 11.3 Å². The van der Waals surface area contributed by atoms with Gasteiger partial charge in [-0.3, -0.25) is 14.9 Å². The molecule has 0 radical (unpaired) electrons. The molecule has 10 heteroatoms. The van der Waals surface area contributed by atoms with Crippen LogP contribution in [0, 0.1) is 10.1 Å². The van der Waals surface area contributed by atoms with E-state index in [1.165, 1.54) is 37.1 Å². The lowest BCUT2D eigenvalue weighted by atomic mass is 10.2. The molecule has 1 aromatic carbocycles. The number of nitro benzene ring substituents is 1. The molecule has 26 heavy (non-hydrogen) atoms. The van der Waals surface area contributed by atoms with Gasteiger partial charge in [0.1, 0.15) is 11.6 Å². The molecule has 1 N–H and O–H groups in total. The normalized spacial score (nSPS) is 10.8. The summed E-state index contributed by atoms with van der Waals surface area (Å²) >= 11 is 1.26. The molecule has 0 saturated carbocycles. The Kier molecular flexibility index (Phi) is 6.56. The van der Waals surface area contributed by atoms with Crippen LogP contribution < -0.4 is 10.1 Å². The van der Waals surface area contributed by atoms with Gasteiger partial charge in [0.25, 0.3) is 5.69 Å². The van der Waals surface area contributed by atoms with Crippen LogP contribution >= 0.6 is 11.8 Å². The summed E-state index contributed by atoms with van der Waals surface area (Å²) in [5.74, 6) is 1.25. The second-order valence-corrected chi connectivity index (χ2v) is 6.66. The number of carbonyl (C=O) groups is 1. The molecule has 2 aromatic rings. The van der Waals surface area contributed by atoms with Crippen LogP contribution in [0.15, 0.2) is 23.4 Å². The largest absolute Gasteiger partial charge is 0.495 e. The molecule has 0 aliphatic rings. The number of hydrogen-bond donors (Lipinski definition) is 1. The standard InChI is InChI=1S/C16H21N5O4S/c1-5-20-15(10(2)3)18-19-16(20)26-9-14(22)17-12-8-11(21(23)24)6-7-13(12)25-4/h6-8,10H,5,9H2,1-4H3,(H,17,22). The Labute approximate surface area is 155 Å². The Bertz CT molecular complexity index is 806. The van der Waals surface area contributed by atoms with E-state index in [2.05, 4.69) is 15.5 Å². The fourth-order valence-electron chi connectivity index (χ4n) is 2.35. The zero-order valence-corrected chi connectivity index (χ0v) is 15.9. The summed E-state index contributed by atoms with van der Waals surface area (Å²) in [5, 5.41) is 22.5. The Morgan fingerprint density at radius 2 is 2.15 bits per heavy atom. The third kappa shape index (κ3) is 4.51. The predicted molar refractivity (Wildman–Crippen MR) is 98.8 cm³/mol. The molecule has 2 rings (SSSR count). The molecule has 0 unspecified atom stereocenters. The van der Waals surface area contributed by atoms with Crippen LogP contribution in [0.5, 0.6) is 5.75 Å². The highest BCUT2D eigenvalue weighted by Crippen LogP contribution is 2.29. The highest BCUT2D eigenvalue weighted by atomic mass is 32.2. The third-order valence-electron chi connectivity index (χ3n) is 3.58. The van der Waals surface area contributed by atoms with Crippen LogP contribution in [0.2, 0.25) is 0 Å². The van der Waals surface area contributed by atoms with E-state index >= 15 is 0 Å². The average Bonchev–Trinajstić information content (AvgIpc) is 3.03. The minimum atomic E-state index is -0.527. The van der Waals surface area contributed by atoms with Crippen molar-refractivity contribution in [3.8, 4) is 5.75 Å². The van der Waals surface area contributed by atoms with Gasteiger partial charge in [0.15, 0.2) is 5.16 Å². The number of rotatable bonds is 8. The number of methoxy groups -OCH3 is 1. The van der Waals surface area contributed by atoms with Crippen molar-refractivity contribution in [2.24, 2.45) is 0 Å². The van der Waals surface area contributed by atoms with Crippen molar-refractivity contribution in [2.75, 3.05) is 18.2 Å². The Balaban J connectivity index is 2.08. The quantitative estimate of drug-likeness (QED) is 0.426. The first-order chi connectivity index (χ1) is 12.4. The number of nitrogens with one attached hydrogen (secondary N) is 1. The fourth-order valence-corrected chi connectivity index (χ4v) is 3.16. The van der Waals surface area contributed by atoms with E-state index in [0.29, 0.717) is 17.5 Å². The summed E-state index contributed by atoms with van der Waals surface area (Å²) in [6, 6.07) is 4.04. The van der Waals surface area contributed by atoms with Gasteiger partial charge in [0.2, 0.25) is 5.91 Å². The van der Waals surface area contributed by atoms with Gasteiger partial charge >= 0.3 is 0 Å². The summed E-state index contributed by atoms with van der Waals surface area (Å²) in [6.45, 7) is 6.77. The lowest BCUT2D eigenvalue weighted by Gasteiger charge is -2.11. The number of amides is 1. The molecule has 0 atom stereocenters. The number of anilines is 1. The number of carbonyl (C=O) groups excluding carboxylic acids is 1. The summed E-state index contributed by atoms with van der Waals surface area (Å²) in [7, 11) is 1.43. The van der Waals surface area contributed by atoms with Crippen molar-refractivity contribution in [2.45, 2.75) is 38.4 Å². The number of hydrogen-bond acceptors (Lipinski definition) is 7. The first-order valence-electron chi connectivity index (χ1n) is 8.05. The third-order valence-corrected chi connectivity index (χ3v) is 4.55. The van der Waals surface area contributed by atoms with Crippen molar-refractivity contribution >= 4 is 29.0 Å². The molecule has 1 amide bonds. The first kappa shape index (κ1) is 19.7. The summed E-state index contributed by atoms with van der Waals surface area (Å²) in [5.41, 5.74) is 0.133. The van der Waals surface area contributed by atoms with Gasteiger partial charge in [-0.15, -0.1) is 10.2 Å². The van der Waals surface area contributed by atoms with E-state index in [1.54, 1.807) is 0 Å². The topological polar surface area (TPSA) is 112 Å². The zero-order chi connectivity index (χ0) is 19.3. The number of non-ortho nitro benzene ring substituents is 1. The molecule has 0 aliphatic carbocycles. The summed E-state index contributed by atoms with van der Waals surface area (Å²) in [4.78, 5) is 22.6. The van der Waals surface area contributed by atoms with E-state index in [-0.39, 0.29) is 29.0 Å². The van der Waals surface area contributed by atoms with Crippen molar-refractivity contribution in [3.63, 3.8) is 0 Å². The second kappa shape index (κ2) is 8.65. The fraction of sp³-hybridized carbons (Fsp3) is 0.438. The molecule has 0 aliphatic heterocycles. The van der Waals surface area contributed by atoms with E-state index in [0.717, 1.165) is 5.82 Å². The SMILES string of the molecule is CCn1c(SCC(=O)Nc2cc([N+](=O)[O-])ccc2OC)nnc1C(C)C. The molecule has 0 bridgehead atoms. The molecule has 9 nitrogen and oxygen atoms in total. The van der Waals surface area contributed by atoms with Gasteiger partial charge in [-0.2, -0.15) is 0 Å². The smallest absolute Gasteiger partial charge is 0.271 e. The highest BCUT2D eigenvalue weighted by molar-refractivity contribution is 7.99. The van der Waals surface area contributed by atoms with E-state index in [4.69, 9.17) is 4.74 Å². The van der Waals surface area contributed by atoms with E-state index < -0.39 is 4.92 Å². The predicted octanol–water partition coefficient (Wildman–Crippen LogP) is 3.07. The number of ether oxygens (including phenoxy) is 1. The number of nitrogens with zero attached hydrogens (tertiary/aromatic N) is 4. The van der Waals surface area contributed by atoms with Crippen molar-refractivity contribution in [1.29, 1.82) is 0 Å². The van der Waals surface area contributed by atoms with Crippen molar-refractivity contribution in [1.82, 2.24) is 14.8 Å². The van der Waals surface area contributed by atoms with Crippen LogP contribution in [0.25, 0.3) is 0 Å². The molecule has 1 aromatic heterocycles. The number of benzene rings is 1. The van der Waals surface area contributed by atoms with E-state index in [1.807, 2.05) is 25.3 Å². The molecule has 0 fully saturated rings. The van der Waals surface area contributed by atoms with Gasteiger partial charge in [-0.1, -0.05) is 25.6 Å². The van der Waals surface area contributed by atoms with Gasteiger partial charge in [0, 0.05) is 24.6 Å². The molecule has 0 saturated heterocycles. The summed E-state index contributed by atoms with van der Waals surface area (Å²) in [6.07, 6.45) is 0. The maximum atomic E-state index is 12.3. The molecule has 0 spiro atoms. The summed E-state index contributed by atoms with van der Waals surface area (Å²) < 4.78 is 7.11. The number of nitro groups is 1. The van der Waals surface area contributed by atoms with Gasteiger partial charge in [-0.05, 0) is 13.0 Å². The lowest BCUT2D eigenvalue weighted by Crippen LogP contribution is -2.15. The van der Waals surface area contributed by atoms with Crippen molar-refractivity contribution < 1.29 is 14.5 Å². The van der Waals surface area contributed by atoms with Crippen LogP contribution in [-0.4, -0.2) is 38.5 Å². The maximum absolute atomic E-state index is 12.3. The molecular formula is C16H21N5O4S. The second-order valence-electron chi connectivity index (χ2n) is 5.72. The minimum Gasteiger partial charge on any atom is -0.495 e. The van der Waals surface area contributed by atoms with Gasteiger partial charge < -0.3 is 14.6 Å². The molecule has 1 heterocycles. The lowest BCUT2D eigenvalue weighted by molar-refractivity contribution is -0.384. The molecule has 140 valence electrons. The average molecular weight is 379 g/mol. The van der Waals surface area contributed by atoms with Gasteiger partial charge in [0.05, 0.1) is 23.5 Å². The Hall–Kier alpha value is -2.62. The Morgan fingerprint density at radius 1 is 1.42 bits per heavy atom. The van der Waals surface area contributed by atoms with E-state index in [9.17, 15) is 14.9 Å². The zero-order valence-electron chi connectivity index (χ0n) is 15.1. The van der Waals surface area contributed by atoms with Crippen LogP contribution in [0.1, 0.15) is 32.5 Å². The van der Waals surface area contributed by atoms with Gasteiger partial charge in [-0.25, -0.2) is 0 Å². The highest BCUT2D eigenvalue weighted by Gasteiger charge is 2.17.